The second-order valence-electron chi connectivity index (χ2n) is 2.84. The minimum Gasteiger partial charge on any atom is -0.411 e. The molecule has 0 aromatic carbocycles. The number of hydrogen-bond acceptors (Lipinski definition) is 6. The average Bonchev–Trinajstić information content (AvgIpc) is 2.13. The van der Waals surface area contributed by atoms with Crippen LogP contribution < -0.4 is 11.5 Å². The van der Waals surface area contributed by atoms with Crippen molar-refractivity contribution in [1.82, 2.24) is 0 Å². The fraction of sp³-hybridized carbons (Fsp3) is 0.750. The highest BCUT2D eigenvalue weighted by Gasteiger charge is 2.27. The van der Waals surface area contributed by atoms with Crippen LogP contribution in [-0.4, -0.2) is 25.4 Å². The van der Waals surface area contributed by atoms with Crippen molar-refractivity contribution in [2.75, 3.05) is 6.54 Å². The van der Waals surface area contributed by atoms with Gasteiger partial charge in [0.25, 0.3) is 12.9 Å². The molecule has 0 aliphatic rings. The maximum atomic E-state index is 10.1. The molecular formula is C8H16N2O4. The molecule has 0 unspecified atom stereocenters. The van der Waals surface area contributed by atoms with E-state index in [9.17, 15) is 9.59 Å². The van der Waals surface area contributed by atoms with Gasteiger partial charge in [-0.3, -0.25) is 15.3 Å². The Bertz CT molecular complexity index is 165. The third-order valence-electron chi connectivity index (χ3n) is 1.72. The maximum absolute atomic E-state index is 10.1. The van der Waals surface area contributed by atoms with Crippen molar-refractivity contribution >= 4 is 12.9 Å². The summed E-state index contributed by atoms with van der Waals surface area (Å²) in [5.41, 5.74) is 10.8. The van der Waals surface area contributed by atoms with Crippen molar-refractivity contribution in [1.29, 1.82) is 0 Å². The zero-order valence-corrected chi connectivity index (χ0v) is 7.98. The lowest BCUT2D eigenvalue weighted by atomic mass is 10.1. The average molecular weight is 204 g/mol. The van der Waals surface area contributed by atoms with E-state index in [-0.39, 0.29) is 19.4 Å². The van der Waals surface area contributed by atoms with Crippen LogP contribution in [0.5, 0.6) is 0 Å². The van der Waals surface area contributed by atoms with Crippen LogP contribution in [0.4, 0.5) is 0 Å². The molecule has 4 N–H and O–H groups in total. The van der Waals surface area contributed by atoms with Crippen molar-refractivity contribution in [2.45, 2.75) is 31.6 Å². The van der Waals surface area contributed by atoms with Gasteiger partial charge in [0.1, 0.15) is 0 Å². The number of hydrogen-bond donors (Lipinski definition) is 2. The number of carbonyl (C=O) groups excluding carboxylic acids is 2. The Labute approximate surface area is 82.5 Å². The van der Waals surface area contributed by atoms with E-state index in [1.165, 1.54) is 0 Å². The van der Waals surface area contributed by atoms with E-state index < -0.39 is 5.91 Å². The number of unbranched alkanes of at least 4 members (excludes halogenated alkanes) is 2. The second-order valence-corrected chi connectivity index (χ2v) is 2.84. The van der Waals surface area contributed by atoms with Crippen LogP contribution in [0.15, 0.2) is 0 Å². The highest BCUT2D eigenvalue weighted by molar-refractivity contribution is 5.41. The van der Waals surface area contributed by atoms with Crippen molar-refractivity contribution in [3.8, 4) is 0 Å². The topological polar surface area (TPSA) is 105 Å². The van der Waals surface area contributed by atoms with Crippen LogP contribution in [0.2, 0.25) is 0 Å². The van der Waals surface area contributed by atoms with E-state index in [2.05, 4.69) is 9.47 Å². The first-order valence-corrected chi connectivity index (χ1v) is 4.40. The molecule has 82 valence electrons. The molecule has 0 rings (SSSR count). The summed E-state index contributed by atoms with van der Waals surface area (Å²) in [5.74, 6) is -1.63. The lowest BCUT2D eigenvalue weighted by Crippen LogP contribution is -2.45. The van der Waals surface area contributed by atoms with Gasteiger partial charge in [0, 0.05) is 6.42 Å². The van der Waals surface area contributed by atoms with E-state index in [0.29, 0.717) is 13.0 Å². The predicted molar refractivity (Wildman–Crippen MR) is 48.7 cm³/mol. The summed E-state index contributed by atoms with van der Waals surface area (Å²) in [5, 5.41) is 0. The molecule has 0 aromatic heterocycles. The monoisotopic (exact) mass is 204 g/mol. The SMILES string of the molecule is NCCCCCC(N)(OC=O)OC=O. The molecule has 14 heavy (non-hydrogen) atoms. The van der Waals surface area contributed by atoms with Crippen LogP contribution in [0.3, 0.4) is 0 Å². The van der Waals surface area contributed by atoms with Crippen LogP contribution in [0, 0.1) is 0 Å². The molecule has 0 aromatic rings. The second kappa shape index (κ2) is 7.28. The van der Waals surface area contributed by atoms with Crippen molar-refractivity contribution in [3.63, 3.8) is 0 Å². The number of nitrogens with two attached hydrogens (primary N) is 2. The first-order valence-electron chi connectivity index (χ1n) is 4.40. The molecule has 0 fully saturated rings. The molecule has 0 radical (unpaired) electrons. The fourth-order valence-corrected chi connectivity index (χ4v) is 1.00. The molecule has 0 amide bonds. The van der Waals surface area contributed by atoms with Crippen LogP contribution >= 0.6 is 0 Å². The minimum absolute atomic E-state index is 0.159. The zero-order chi connectivity index (χ0) is 10.9. The molecule has 0 saturated carbocycles. The van der Waals surface area contributed by atoms with Gasteiger partial charge in [0.2, 0.25) is 0 Å². The van der Waals surface area contributed by atoms with Gasteiger partial charge < -0.3 is 15.2 Å². The Balaban J connectivity index is 3.82. The summed E-state index contributed by atoms with van der Waals surface area (Å²) in [6.07, 6.45) is 2.65. The van der Waals surface area contributed by atoms with Gasteiger partial charge in [-0.25, -0.2) is 0 Å². The normalized spacial score (nSPS) is 10.7. The van der Waals surface area contributed by atoms with E-state index in [1.807, 2.05) is 0 Å². The van der Waals surface area contributed by atoms with Crippen LogP contribution in [-0.2, 0) is 19.1 Å². The molecule has 0 aliphatic heterocycles. The Kier molecular flexibility index (Phi) is 6.69. The third kappa shape index (κ3) is 5.50. The van der Waals surface area contributed by atoms with Gasteiger partial charge in [0.15, 0.2) is 0 Å². The minimum atomic E-state index is -1.63. The maximum Gasteiger partial charge on any atom is 0.315 e. The standard InChI is InChI=1S/C8H16N2O4/c9-5-3-1-2-4-8(10,13-6-11)14-7-12/h6-7H,1-5,9-10H2. The smallest absolute Gasteiger partial charge is 0.315 e. The summed E-state index contributed by atoms with van der Waals surface area (Å²) in [6.45, 7) is 0.916. The quantitative estimate of drug-likeness (QED) is 0.297. The van der Waals surface area contributed by atoms with Gasteiger partial charge >= 0.3 is 5.91 Å². The summed E-state index contributed by atoms with van der Waals surface area (Å²) < 4.78 is 8.93. The molecule has 0 spiro atoms. The van der Waals surface area contributed by atoms with Crippen molar-refractivity contribution < 1.29 is 19.1 Å². The third-order valence-corrected chi connectivity index (χ3v) is 1.72. The molecule has 0 bridgehead atoms. The lowest BCUT2D eigenvalue weighted by molar-refractivity contribution is -0.212. The largest absolute Gasteiger partial charge is 0.411 e. The van der Waals surface area contributed by atoms with Crippen molar-refractivity contribution in [3.05, 3.63) is 0 Å². The Morgan fingerprint density at radius 3 is 2.07 bits per heavy atom. The highest BCUT2D eigenvalue weighted by atomic mass is 16.7. The molecule has 0 aliphatic carbocycles. The molecular weight excluding hydrogens is 188 g/mol. The zero-order valence-electron chi connectivity index (χ0n) is 7.98. The predicted octanol–water partition coefficient (Wildman–Crippen LogP) is -0.536. The molecule has 6 heteroatoms. The van der Waals surface area contributed by atoms with Gasteiger partial charge in [-0.1, -0.05) is 6.42 Å². The van der Waals surface area contributed by atoms with Crippen molar-refractivity contribution in [2.24, 2.45) is 11.5 Å². The van der Waals surface area contributed by atoms with Gasteiger partial charge in [-0.05, 0) is 19.4 Å². The highest BCUT2D eigenvalue weighted by Crippen LogP contribution is 2.13. The fourth-order valence-electron chi connectivity index (χ4n) is 1.00. The van der Waals surface area contributed by atoms with E-state index in [0.717, 1.165) is 12.8 Å². The van der Waals surface area contributed by atoms with E-state index in [1.54, 1.807) is 0 Å². The Hall–Kier alpha value is -1.14. The number of rotatable bonds is 9. The summed E-state index contributed by atoms with van der Waals surface area (Å²) in [7, 11) is 0. The van der Waals surface area contributed by atoms with Gasteiger partial charge in [-0.2, -0.15) is 0 Å². The first kappa shape index (κ1) is 12.9. The molecule has 0 heterocycles. The van der Waals surface area contributed by atoms with E-state index in [4.69, 9.17) is 11.5 Å². The number of ether oxygens (including phenoxy) is 2. The molecule has 6 nitrogen and oxygen atoms in total. The number of carbonyl (C=O) groups is 2. The first-order chi connectivity index (χ1) is 6.68. The summed E-state index contributed by atoms with van der Waals surface area (Å²) in [4.78, 5) is 20.1. The summed E-state index contributed by atoms with van der Waals surface area (Å²) >= 11 is 0. The molecule has 0 saturated heterocycles. The van der Waals surface area contributed by atoms with Crippen LogP contribution in [0.1, 0.15) is 25.7 Å². The van der Waals surface area contributed by atoms with Gasteiger partial charge in [0.05, 0.1) is 0 Å². The lowest BCUT2D eigenvalue weighted by Gasteiger charge is -2.24. The van der Waals surface area contributed by atoms with Crippen LogP contribution in [0.25, 0.3) is 0 Å². The van der Waals surface area contributed by atoms with E-state index >= 15 is 0 Å². The Morgan fingerprint density at radius 2 is 1.64 bits per heavy atom. The van der Waals surface area contributed by atoms with Gasteiger partial charge in [-0.15, -0.1) is 0 Å². The Morgan fingerprint density at radius 1 is 1.07 bits per heavy atom. The summed E-state index contributed by atoms with van der Waals surface area (Å²) in [6, 6.07) is 0. The molecule has 0 atom stereocenters.